The maximum Gasteiger partial charge on any atom is 0.228 e. The Morgan fingerprint density at radius 2 is 1.86 bits per heavy atom. The molecule has 0 saturated heterocycles. The van der Waals surface area contributed by atoms with Gasteiger partial charge in [-0.1, -0.05) is 31.4 Å². The summed E-state index contributed by atoms with van der Waals surface area (Å²) in [6, 6.07) is 7.84. The van der Waals surface area contributed by atoms with Gasteiger partial charge in [0.25, 0.3) is 0 Å². The minimum atomic E-state index is 0. The van der Waals surface area contributed by atoms with Gasteiger partial charge < -0.3 is 14.6 Å². The summed E-state index contributed by atoms with van der Waals surface area (Å²) < 4.78 is 7.43. The van der Waals surface area contributed by atoms with E-state index in [1.807, 2.05) is 31.3 Å². The first-order chi connectivity index (χ1) is 10.3. The Balaban J connectivity index is 0.00000176. The summed E-state index contributed by atoms with van der Waals surface area (Å²) in [5, 5.41) is 12.0. The molecule has 1 fully saturated rings. The molecule has 22 heavy (non-hydrogen) atoms. The second-order valence-electron chi connectivity index (χ2n) is 5.60. The number of rotatable bonds is 4. The monoisotopic (exact) mass is 322 g/mol. The summed E-state index contributed by atoms with van der Waals surface area (Å²) in [6.45, 7) is 0. The van der Waals surface area contributed by atoms with Gasteiger partial charge in [0.15, 0.2) is 0 Å². The zero-order valence-corrected chi connectivity index (χ0v) is 13.9. The maximum absolute atomic E-state index is 5.36. The lowest BCUT2D eigenvalue weighted by Gasteiger charge is -2.20. The van der Waals surface area contributed by atoms with E-state index >= 15 is 0 Å². The summed E-state index contributed by atoms with van der Waals surface area (Å²) in [5.41, 5.74) is 0.908. The molecule has 2 aromatic rings. The molecule has 6 heteroatoms. The molecule has 5 nitrogen and oxygen atoms in total. The zero-order valence-electron chi connectivity index (χ0n) is 13.1. The van der Waals surface area contributed by atoms with E-state index < -0.39 is 0 Å². The number of benzene rings is 1. The lowest BCUT2D eigenvalue weighted by molar-refractivity contribution is 0.416. The summed E-state index contributed by atoms with van der Waals surface area (Å²) in [4.78, 5) is 0. The van der Waals surface area contributed by atoms with Crippen LogP contribution in [0.15, 0.2) is 24.3 Å². The lowest BCUT2D eigenvalue weighted by atomic mass is 9.89. The second-order valence-corrected chi connectivity index (χ2v) is 5.60. The molecule has 0 aliphatic heterocycles. The summed E-state index contributed by atoms with van der Waals surface area (Å²) in [6.07, 6.45) is 6.39. The van der Waals surface area contributed by atoms with Gasteiger partial charge in [-0.25, -0.2) is 0 Å². The number of nitrogens with zero attached hydrogens (tertiary/aromatic N) is 3. The highest BCUT2D eigenvalue weighted by atomic mass is 35.5. The van der Waals surface area contributed by atoms with Crippen LogP contribution >= 0.6 is 12.4 Å². The molecule has 1 aliphatic rings. The van der Waals surface area contributed by atoms with Gasteiger partial charge in [0.2, 0.25) is 5.95 Å². The van der Waals surface area contributed by atoms with Crippen LogP contribution in [0, 0.1) is 0 Å². The average Bonchev–Trinajstić information content (AvgIpc) is 2.90. The third kappa shape index (κ3) is 3.35. The Bertz CT molecular complexity index is 608. The minimum Gasteiger partial charge on any atom is -0.495 e. The highest BCUT2D eigenvalue weighted by Crippen LogP contribution is 2.33. The largest absolute Gasteiger partial charge is 0.495 e. The molecule has 0 radical (unpaired) electrons. The van der Waals surface area contributed by atoms with E-state index in [0.29, 0.717) is 5.92 Å². The Kier molecular flexibility index (Phi) is 5.66. The fourth-order valence-corrected chi connectivity index (χ4v) is 3.03. The highest BCUT2D eigenvalue weighted by molar-refractivity contribution is 5.85. The van der Waals surface area contributed by atoms with Crippen molar-refractivity contribution in [1.29, 1.82) is 0 Å². The summed E-state index contributed by atoms with van der Waals surface area (Å²) in [5.74, 6) is 3.20. The second kappa shape index (κ2) is 7.49. The Labute approximate surface area is 137 Å². The first-order valence-electron chi connectivity index (χ1n) is 7.59. The molecular formula is C16H23ClN4O. The van der Waals surface area contributed by atoms with Crippen molar-refractivity contribution >= 4 is 24.0 Å². The maximum atomic E-state index is 5.36. The Morgan fingerprint density at radius 3 is 2.59 bits per heavy atom. The molecule has 1 heterocycles. The number of para-hydroxylation sites is 2. The van der Waals surface area contributed by atoms with Crippen LogP contribution in [0.4, 0.5) is 11.6 Å². The minimum absolute atomic E-state index is 0. The average molecular weight is 323 g/mol. The van der Waals surface area contributed by atoms with Crippen LogP contribution in [0.2, 0.25) is 0 Å². The number of nitrogens with one attached hydrogen (secondary N) is 1. The SMILES string of the molecule is COc1ccccc1Nc1nnc(C2CCCCC2)n1C.Cl. The number of anilines is 2. The predicted molar refractivity (Wildman–Crippen MR) is 90.4 cm³/mol. The van der Waals surface area contributed by atoms with Crippen LogP contribution in [0.25, 0.3) is 0 Å². The van der Waals surface area contributed by atoms with Crippen molar-refractivity contribution < 1.29 is 4.74 Å². The molecule has 1 saturated carbocycles. The van der Waals surface area contributed by atoms with Crippen molar-refractivity contribution in [2.75, 3.05) is 12.4 Å². The van der Waals surface area contributed by atoms with E-state index in [2.05, 4.69) is 20.1 Å². The molecule has 1 aromatic carbocycles. The number of aromatic nitrogens is 3. The number of ether oxygens (including phenoxy) is 1. The van der Waals surface area contributed by atoms with Crippen molar-refractivity contribution in [3.8, 4) is 5.75 Å². The Hall–Kier alpha value is -1.75. The standard InChI is InChI=1S/C16H22N4O.ClH/c1-20-15(12-8-4-3-5-9-12)18-19-16(20)17-13-10-6-7-11-14(13)21-2;/h6-7,10-12H,3-5,8-9H2,1-2H3,(H,17,19);1H. The topological polar surface area (TPSA) is 52.0 Å². The Morgan fingerprint density at radius 1 is 1.14 bits per heavy atom. The number of hydrogen-bond donors (Lipinski definition) is 1. The van der Waals surface area contributed by atoms with E-state index in [9.17, 15) is 0 Å². The van der Waals surface area contributed by atoms with Crippen molar-refractivity contribution in [3.05, 3.63) is 30.1 Å². The van der Waals surface area contributed by atoms with Crippen molar-refractivity contribution in [3.63, 3.8) is 0 Å². The normalized spacial score (nSPS) is 15.2. The third-order valence-electron chi connectivity index (χ3n) is 4.23. The molecule has 120 valence electrons. The van der Waals surface area contributed by atoms with Gasteiger partial charge in [0, 0.05) is 13.0 Å². The fourth-order valence-electron chi connectivity index (χ4n) is 3.03. The summed E-state index contributed by atoms with van der Waals surface area (Å²) >= 11 is 0. The highest BCUT2D eigenvalue weighted by Gasteiger charge is 2.22. The number of halogens is 1. The molecule has 1 aliphatic carbocycles. The molecule has 3 rings (SSSR count). The lowest BCUT2D eigenvalue weighted by Crippen LogP contribution is -2.11. The van der Waals surface area contributed by atoms with Crippen LogP contribution < -0.4 is 10.1 Å². The van der Waals surface area contributed by atoms with Crippen LogP contribution in [-0.4, -0.2) is 21.9 Å². The van der Waals surface area contributed by atoms with Crippen LogP contribution in [0.3, 0.4) is 0 Å². The van der Waals surface area contributed by atoms with Crippen LogP contribution in [-0.2, 0) is 7.05 Å². The van der Waals surface area contributed by atoms with Gasteiger partial charge in [-0.05, 0) is 25.0 Å². The summed E-state index contributed by atoms with van der Waals surface area (Å²) in [7, 11) is 3.70. The van der Waals surface area contributed by atoms with Gasteiger partial charge in [0.05, 0.1) is 12.8 Å². The molecule has 1 N–H and O–H groups in total. The van der Waals surface area contributed by atoms with Crippen molar-refractivity contribution in [2.24, 2.45) is 7.05 Å². The van der Waals surface area contributed by atoms with E-state index in [1.54, 1.807) is 7.11 Å². The molecule has 0 unspecified atom stereocenters. The van der Waals surface area contributed by atoms with Gasteiger partial charge >= 0.3 is 0 Å². The molecule has 0 amide bonds. The van der Waals surface area contributed by atoms with Gasteiger partial charge in [-0.2, -0.15) is 0 Å². The number of hydrogen-bond acceptors (Lipinski definition) is 4. The molecule has 0 bridgehead atoms. The molecule has 0 atom stereocenters. The molecule has 0 spiro atoms. The van der Waals surface area contributed by atoms with Gasteiger partial charge in [-0.15, -0.1) is 22.6 Å². The first-order valence-corrected chi connectivity index (χ1v) is 7.59. The van der Waals surface area contributed by atoms with Gasteiger partial charge in [-0.3, -0.25) is 0 Å². The van der Waals surface area contributed by atoms with E-state index in [1.165, 1.54) is 32.1 Å². The number of methoxy groups -OCH3 is 1. The smallest absolute Gasteiger partial charge is 0.228 e. The van der Waals surface area contributed by atoms with E-state index in [0.717, 1.165) is 23.2 Å². The third-order valence-corrected chi connectivity index (χ3v) is 4.23. The van der Waals surface area contributed by atoms with Crippen LogP contribution in [0.5, 0.6) is 5.75 Å². The first kappa shape index (κ1) is 16.6. The van der Waals surface area contributed by atoms with Crippen LogP contribution in [0.1, 0.15) is 43.8 Å². The zero-order chi connectivity index (χ0) is 14.7. The van der Waals surface area contributed by atoms with Gasteiger partial charge in [0.1, 0.15) is 11.6 Å². The quantitative estimate of drug-likeness (QED) is 0.923. The predicted octanol–water partition coefficient (Wildman–Crippen LogP) is 4.04. The molecular weight excluding hydrogens is 300 g/mol. The van der Waals surface area contributed by atoms with Crippen molar-refractivity contribution in [1.82, 2.24) is 14.8 Å². The van der Waals surface area contributed by atoms with E-state index in [-0.39, 0.29) is 12.4 Å². The fraction of sp³-hybridized carbons (Fsp3) is 0.500. The van der Waals surface area contributed by atoms with E-state index in [4.69, 9.17) is 4.74 Å². The molecule has 1 aromatic heterocycles. The van der Waals surface area contributed by atoms with Crippen molar-refractivity contribution in [2.45, 2.75) is 38.0 Å².